The highest BCUT2D eigenvalue weighted by Gasteiger charge is 2.24. The summed E-state index contributed by atoms with van der Waals surface area (Å²) in [7, 11) is -3.52. The van der Waals surface area contributed by atoms with Gasteiger partial charge in [0.25, 0.3) is 0 Å². The number of aromatic nitrogens is 2. The Morgan fingerprint density at radius 1 is 1.21 bits per heavy atom. The molecule has 3 rings (SSSR count). The summed E-state index contributed by atoms with van der Waals surface area (Å²) in [6, 6.07) is 3.45. The van der Waals surface area contributed by atoms with Crippen LogP contribution >= 0.6 is 0 Å². The third kappa shape index (κ3) is 6.94. The number of nitrogens with zero attached hydrogens (tertiary/aromatic N) is 3. The average molecular weight is 480 g/mol. The molecule has 0 N–H and O–H groups in total. The van der Waals surface area contributed by atoms with Crippen molar-refractivity contribution < 1.29 is 27.1 Å². The van der Waals surface area contributed by atoms with Gasteiger partial charge in [-0.2, -0.15) is 0 Å². The van der Waals surface area contributed by atoms with E-state index in [1.807, 2.05) is 0 Å². The molecule has 2 aromatic rings. The summed E-state index contributed by atoms with van der Waals surface area (Å²) in [5.41, 5.74) is 0.515. The van der Waals surface area contributed by atoms with Gasteiger partial charge in [-0.3, -0.25) is 9.69 Å². The number of hydrogen-bond donors (Lipinski definition) is 0. The quantitative estimate of drug-likeness (QED) is 0.508. The zero-order valence-corrected chi connectivity index (χ0v) is 20.0. The van der Waals surface area contributed by atoms with Crippen LogP contribution in [-0.4, -0.2) is 61.1 Å². The molecule has 0 spiro atoms. The van der Waals surface area contributed by atoms with Crippen LogP contribution in [0.15, 0.2) is 29.4 Å². The smallest absolute Gasteiger partial charge is 0.229 e. The molecular formula is C23H30FN3O5S. The molecule has 1 fully saturated rings. The number of halogens is 1. The fourth-order valence-corrected chi connectivity index (χ4v) is 4.22. The molecule has 0 unspecified atom stereocenters. The van der Waals surface area contributed by atoms with Gasteiger partial charge in [-0.05, 0) is 44.4 Å². The van der Waals surface area contributed by atoms with Gasteiger partial charge < -0.3 is 9.47 Å². The van der Waals surface area contributed by atoms with E-state index in [1.165, 1.54) is 18.5 Å². The van der Waals surface area contributed by atoms with Crippen LogP contribution in [-0.2, 0) is 14.6 Å². The van der Waals surface area contributed by atoms with Crippen LogP contribution in [0.25, 0.3) is 0 Å². The Hall–Kier alpha value is -2.59. The third-order valence-corrected chi connectivity index (χ3v) is 6.66. The lowest BCUT2D eigenvalue weighted by Gasteiger charge is -2.31. The molecule has 1 aliphatic heterocycles. The van der Waals surface area contributed by atoms with Gasteiger partial charge in [-0.1, -0.05) is 13.3 Å². The minimum atomic E-state index is -3.52. The minimum absolute atomic E-state index is 0.0563. The van der Waals surface area contributed by atoms with Gasteiger partial charge in [-0.25, -0.2) is 22.8 Å². The van der Waals surface area contributed by atoms with E-state index in [9.17, 15) is 17.6 Å². The number of ketones is 1. The second kappa shape index (κ2) is 11.0. The molecule has 10 heteroatoms. The van der Waals surface area contributed by atoms with Crippen LogP contribution in [0.1, 0.15) is 44.6 Å². The number of likely N-dealkylation sites (tertiary alicyclic amines) is 1. The molecule has 2 heterocycles. The Labute approximate surface area is 194 Å². The van der Waals surface area contributed by atoms with E-state index < -0.39 is 15.7 Å². The van der Waals surface area contributed by atoms with Crippen LogP contribution < -0.4 is 9.47 Å². The number of carbonyl (C=O) groups excluding carboxylic acids is 1. The summed E-state index contributed by atoms with van der Waals surface area (Å²) in [4.78, 5) is 22.3. The highest BCUT2D eigenvalue weighted by molar-refractivity contribution is 7.90. The SMILES string of the molecule is CCCCC(=O)CN1CCC(Oc2ncnc(Oc3ccc(S(C)(=O)=O)cc3F)c2C)CC1. The van der Waals surface area contributed by atoms with Gasteiger partial charge in [-0.15, -0.1) is 0 Å². The topological polar surface area (TPSA) is 98.7 Å². The van der Waals surface area contributed by atoms with Crippen LogP contribution in [0.3, 0.4) is 0 Å². The van der Waals surface area contributed by atoms with E-state index in [0.717, 1.165) is 51.1 Å². The molecule has 0 atom stereocenters. The summed E-state index contributed by atoms with van der Waals surface area (Å²) in [6.07, 6.45) is 6.35. The molecule has 33 heavy (non-hydrogen) atoms. The monoisotopic (exact) mass is 479 g/mol. The van der Waals surface area contributed by atoms with E-state index in [0.29, 0.717) is 24.4 Å². The van der Waals surface area contributed by atoms with Crippen LogP contribution in [0.5, 0.6) is 17.5 Å². The molecule has 0 radical (unpaired) electrons. The van der Waals surface area contributed by atoms with Crippen molar-refractivity contribution in [2.24, 2.45) is 0 Å². The minimum Gasteiger partial charge on any atom is -0.474 e. The molecule has 0 aliphatic carbocycles. The van der Waals surface area contributed by atoms with Crippen molar-refractivity contribution in [3.8, 4) is 17.5 Å². The summed E-state index contributed by atoms with van der Waals surface area (Å²) in [5, 5.41) is 0. The molecule has 0 amide bonds. The number of carbonyl (C=O) groups is 1. The van der Waals surface area contributed by atoms with Crippen LogP contribution in [0.2, 0.25) is 0 Å². The van der Waals surface area contributed by atoms with Gasteiger partial charge in [0.1, 0.15) is 18.2 Å². The molecule has 1 aromatic carbocycles. The van der Waals surface area contributed by atoms with E-state index >= 15 is 0 Å². The van der Waals surface area contributed by atoms with E-state index in [4.69, 9.17) is 9.47 Å². The van der Waals surface area contributed by atoms with Crippen molar-refractivity contribution in [1.82, 2.24) is 14.9 Å². The molecular weight excluding hydrogens is 449 g/mol. The number of Topliss-reactive ketones (excluding diaryl/α,β-unsaturated/α-hetero) is 1. The second-order valence-corrected chi connectivity index (χ2v) is 10.3. The maximum Gasteiger partial charge on any atom is 0.229 e. The highest BCUT2D eigenvalue weighted by Crippen LogP contribution is 2.31. The first-order valence-corrected chi connectivity index (χ1v) is 13.0. The number of sulfone groups is 1. The number of unbranched alkanes of at least 4 members (excludes halogenated alkanes) is 1. The van der Waals surface area contributed by atoms with E-state index in [1.54, 1.807) is 6.92 Å². The number of rotatable bonds is 10. The molecule has 180 valence electrons. The lowest BCUT2D eigenvalue weighted by Crippen LogP contribution is -2.41. The zero-order chi connectivity index (χ0) is 24.0. The molecule has 1 saturated heterocycles. The largest absolute Gasteiger partial charge is 0.474 e. The van der Waals surface area contributed by atoms with Crippen LogP contribution in [0, 0.1) is 12.7 Å². The predicted molar refractivity (Wildman–Crippen MR) is 121 cm³/mol. The Balaban J connectivity index is 1.60. The number of ether oxygens (including phenoxy) is 2. The van der Waals surface area contributed by atoms with Gasteiger partial charge >= 0.3 is 0 Å². The van der Waals surface area contributed by atoms with Crippen molar-refractivity contribution in [2.75, 3.05) is 25.9 Å². The number of hydrogen-bond acceptors (Lipinski definition) is 8. The fraction of sp³-hybridized carbons (Fsp3) is 0.522. The Morgan fingerprint density at radius 3 is 2.55 bits per heavy atom. The Kier molecular flexibility index (Phi) is 8.36. The van der Waals surface area contributed by atoms with Gasteiger partial charge in [0.15, 0.2) is 21.4 Å². The first-order valence-electron chi connectivity index (χ1n) is 11.1. The van der Waals surface area contributed by atoms with E-state index in [-0.39, 0.29) is 28.4 Å². The maximum atomic E-state index is 14.4. The van der Waals surface area contributed by atoms with E-state index in [2.05, 4.69) is 21.8 Å². The fourth-order valence-electron chi connectivity index (χ4n) is 3.59. The summed E-state index contributed by atoms with van der Waals surface area (Å²) < 4.78 is 49.2. The van der Waals surface area contributed by atoms with Gasteiger partial charge in [0, 0.05) is 25.8 Å². The Bertz CT molecular complexity index is 1090. The Morgan fingerprint density at radius 2 is 1.91 bits per heavy atom. The van der Waals surface area contributed by atoms with Gasteiger partial charge in [0.2, 0.25) is 11.8 Å². The molecule has 1 aromatic heterocycles. The van der Waals surface area contributed by atoms with Crippen molar-refractivity contribution in [1.29, 1.82) is 0 Å². The lowest BCUT2D eigenvalue weighted by atomic mass is 10.1. The van der Waals surface area contributed by atoms with Crippen LogP contribution in [0.4, 0.5) is 4.39 Å². The summed E-state index contributed by atoms with van der Waals surface area (Å²) >= 11 is 0. The third-order valence-electron chi connectivity index (χ3n) is 5.55. The normalized spacial score (nSPS) is 15.4. The summed E-state index contributed by atoms with van der Waals surface area (Å²) in [5.74, 6) is -0.187. The highest BCUT2D eigenvalue weighted by atomic mass is 32.2. The molecule has 8 nitrogen and oxygen atoms in total. The predicted octanol–water partition coefficient (Wildman–Crippen LogP) is 3.72. The second-order valence-electron chi connectivity index (χ2n) is 8.31. The zero-order valence-electron chi connectivity index (χ0n) is 19.2. The number of benzene rings is 1. The first kappa shape index (κ1) is 25.0. The standard InChI is InChI=1S/C23H30FN3O5S/c1-4-5-6-17(28)14-27-11-9-18(10-12-27)31-22-16(2)23(26-15-25-22)32-21-8-7-19(13-20(21)24)33(3,29)30/h7-8,13,15,18H,4-6,9-12,14H2,1-3H3. The average Bonchev–Trinajstić information content (AvgIpc) is 2.77. The first-order chi connectivity index (χ1) is 15.7. The number of piperidine rings is 1. The van der Waals surface area contributed by atoms with Crippen molar-refractivity contribution in [3.63, 3.8) is 0 Å². The lowest BCUT2D eigenvalue weighted by molar-refractivity contribution is -0.120. The van der Waals surface area contributed by atoms with Crippen molar-refractivity contribution in [3.05, 3.63) is 35.9 Å². The maximum absolute atomic E-state index is 14.4. The van der Waals surface area contributed by atoms with Gasteiger partial charge in [0.05, 0.1) is 17.0 Å². The summed E-state index contributed by atoms with van der Waals surface area (Å²) in [6.45, 7) is 5.82. The molecule has 0 saturated carbocycles. The molecule has 1 aliphatic rings. The van der Waals surface area contributed by atoms with Crippen molar-refractivity contribution >= 4 is 15.6 Å². The molecule has 0 bridgehead atoms. The van der Waals surface area contributed by atoms with Crippen molar-refractivity contribution in [2.45, 2.75) is 57.0 Å².